The molecule has 2 saturated carbocycles. The maximum Gasteiger partial charge on any atom is 0.408 e. The Morgan fingerprint density at radius 3 is 1.79 bits per heavy atom. The van der Waals surface area contributed by atoms with E-state index in [9.17, 15) is 14.7 Å². The first-order chi connectivity index (χ1) is 16.2. The van der Waals surface area contributed by atoms with E-state index in [1.807, 2.05) is 0 Å². The van der Waals surface area contributed by atoms with Crippen molar-refractivity contribution in [2.24, 2.45) is 0 Å². The Kier molecular flexibility index (Phi) is 11.8. The van der Waals surface area contributed by atoms with Gasteiger partial charge in [0.05, 0.1) is 6.61 Å². The molecule has 7 heteroatoms. The molecule has 1 aromatic rings. The molecule has 34 heavy (non-hydrogen) atoms. The van der Waals surface area contributed by atoms with E-state index in [4.69, 9.17) is 9.84 Å². The first kappa shape index (κ1) is 28.1. The molecule has 0 spiro atoms. The van der Waals surface area contributed by atoms with Crippen LogP contribution in [0.1, 0.15) is 96.1 Å². The number of nitrogens with one attached hydrogen (secondary N) is 2. The van der Waals surface area contributed by atoms with E-state index in [1.54, 1.807) is 45.0 Å². The highest BCUT2D eigenvalue weighted by atomic mass is 16.6. The quantitative estimate of drug-likeness (QED) is 0.444. The molecule has 1 amide bonds. The van der Waals surface area contributed by atoms with Crippen molar-refractivity contribution in [2.45, 2.75) is 122 Å². The van der Waals surface area contributed by atoms with E-state index in [1.165, 1.54) is 64.2 Å². The lowest BCUT2D eigenvalue weighted by Gasteiger charge is -2.30. The van der Waals surface area contributed by atoms with Gasteiger partial charge in [-0.1, -0.05) is 62.8 Å². The van der Waals surface area contributed by atoms with Crippen LogP contribution in [0.2, 0.25) is 0 Å². The summed E-state index contributed by atoms with van der Waals surface area (Å²) >= 11 is 0. The number of rotatable bonds is 7. The summed E-state index contributed by atoms with van der Waals surface area (Å²) in [5.41, 5.74) is 0.803. The van der Waals surface area contributed by atoms with Crippen LogP contribution in [-0.4, -0.2) is 46.0 Å². The van der Waals surface area contributed by atoms with Crippen LogP contribution < -0.4 is 10.6 Å². The first-order valence-corrected chi connectivity index (χ1v) is 12.8. The predicted molar refractivity (Wildman–Crippen MR) is 134 cm³/mol. The third-order valence-electron chi connectivity index (χ3n) is 6.32. The maximum absolute atomic E-state index is 11.6. The SMILES string of the molecule is C1CCC(NC2CCCCC2)CC1.CC(C)(C)OC(=O)NC(Cc1ccc(CO)cc1)C(=O)O. The minimum atomic E-state index is -1.13. The fourth-order valence-corrected chi connectivity index (χ4v) is 4.54. The molecule has 1 atom stereocenters. The van der Waals surface area contributed by atoms with Gasteiger partial charge in [-0.15, -0.1) is 0 Å². The number of carboxylic acid groups (broad SMARTS) is 1. The van der Waals surface area contributed by atoms with Gasteiger partial charge < -0.3 is 25.6 Å². The minimum absolute atomic E-state index is 0.0706. The highest BCUT2D eigenvalue weighted by Gasteiger charge is 2.24. The van der Waals surface area contributed by atoms with Crippen LogP contribution >= 0.6 is 0 Å². The number of amides is 1. The van der Waals surface area contributed by atoms with Gasteiger partial charge in [0.2, 0.25) is 0 Å². The first-order valence-electron chi connectivity index (χ1n) is 12.8. The van der Waals surface area contributed by atoms with Crippen molar-refractivity contribution in [1.29, 1.82) is 0 Å². The van der Waals surface area contributed by atoms with E-state index in [0.717, 1.165) is 23.2 Å². The second-order valence-corrected chi connectivity index (χ2v) is 10.6. The smallest absolute Gasteiger partial charge is 0.408 e. The van der Waals surface area contributed by atoms with Gasteiger partial charge in [-0.25, -0.2) is 9.59 Å². The Bertz CT molecular complexity index is 716. The number of aliphatic hydroxyl groups is 1. The molecular formula is C27H44N2O5. The number of ether oxygens (including phenoxy) is 1. The zero-order valence-corrected chi connectivity index (χ0v) is 21.1. The summed E-state index contributed by atoms with van der Waals surface area (Å²) in [5, 5.41) is 24.3. The van der Waals surface area contributed by atoms with Gasteiger partial charge >= 0.3 is 12.1 Å². The summed E-state index contributed by atoms with van der Waals surface area (Å²) in [7, 11) is 0. The van der Waals surface area contributed by atoms with Crippen LogP contribution in [-0.2, 0) is 22.6 Å². The van der Waals surface area contributed by atoms with Gasteiger partial charge in [-0.2, -0.15) is 0 Å². The van der Waals surface area contributed by atoms with Gasteiger partial charge in [0.1, 0.15) is 11.6 Å². The molecule has 0 heterocycles. The highest BCUT2D eigenvalue weighted by Crippen LogP contribution is 2.22. The number of hydrogen-bond donors (Lipinski definition) is 4. The summed E-state index contributed by atoms with van der Waals surface area (Å²) in [6.07, 6.45) is 13.9. The average molecular weight is 477 g/mol. The molecule has 0 radical (unpaired) electrons. The van der Waals surface area contributed by atoms with E-state index in [-0.39, 0.29) is 13.0 Å². The summed E-state index contributed by atoms with van der Waals surface area (Å²) in [6, 6.07) is 7.54. The van der Waals surface area contributed by atoms with Crippen LogP contribution in [0.3, 0.4) is 0 Å². The molecule has 7 nitrogen and oxygen atoms in total. The molecule has 4 N–H and O–H groups in total. The fourth-order valence-electron chi connectivity index (χ4n) is 4.54. The molecule has 2 fully saturated rings. The lowest BCUT2D eigenvalue weighted by atomic mass is 9.91. The second-order valence-electron chi connectivity index (χ2n) is 10.6. The van der Waals surface area contributed by atoms with E-state index in [2.05, 4.69) is 10.6 Å². The van der Waals surface area contributed by atoms with Crippen molar-refractivity contribution < 1.29 is 24.5 Å². The number of aliphatic carboxylic acids is 1. The van der Waals surface area contributed by atoms with Gasteiger partial charge in [0.15, 0.2) is 0 Å². The summed E-state index contributed by atoms with van der Waals surface area (Å²) in [5.74, 6) is -1.13. The molecule has 2 aliphatic rings. The second kappa shape index (κ2) is 14.3. The summed E-state index contributed by atoms with van der Waals surface area (Å²) in [6.45, 7) is 5.04. The molecule has 0 saturated heterocycles. The topological polar surface area (TPSA) is 108 Å². The molecule has 0 bridgehead atoms. The maximum atomic E-state index is 11.6. The van der Waals surface area contributed by atoms with Gasteiger partial charge in [-0.05, 0) is 57.6 Å². The fraction of sp³-hybridized carbons (Fsp3) is 0.704. The zero-order chi connectivity index (χ0) is 25.0. The van der Waals surface area contributed by atoms with Crippen molar-refractivity contribution in [1.82, 2.24) is 10.6 Å². The summed E-state index contributed by atoms with van der Waals surface area (Å²) in [4.78, 5) is 22.9. The van der Waals surface area contributed by atoms with Crippen molar-refractivity contribution >= 4 is 12.1 Å². The number of benzene rings is 1. The van der Waals surface area contributed by atoms with Crippen LogP contribution in [0.15, 0.2) is 24.3 Å². The zero-order valence-electron chi connectivity index (χ0n) is 21.1. The molecule has 192 valence electrons. The van der Waals surface area contributed by atoms with Gasteiger partial charge in [-0.3, -0.25) is 0 Å². The number of alkyl carbamates (subject to hydrolysis) is 1. The number of aliphatic hydroxyl groups excluding tert-OH is 1. The molecule has 1 aromatic carbocycles. The third-order valence-corrected chi connectivity index (χ3v) is 6.32. The van der Waals surface area contributed by atoms with E-state index < -0.39 is 23.7 Å². The average Bonchev–Trinajstić information content (AvgIpc) is 2.80. The Labute approximate surface area is 204 Å². The highest BCUT2D eigenvalue weighted by molar-refractivity contribution is 5.80. The van der Waals surface area contributed by atoms with Crippen LogP contribution in [0.5, 0.6) is 0 Å². The van der Waals surface area contributed by atoms with E-state index >= 15 is 0 Å². The van der Waals surface area contributed by atoms with Crippen molar-refractivity contribution in [2.75, 3.05) is 0 Å². The number of carbonyl (C=O) groups excluding carboxylic acids is 1. The van der Waals surface area contributed by atoms with Crippen molar-refractivity contribution in [3.05, 3.63) is 35.4 Å². The lowest BCUT2D eigenvalue weighted by Crippen LogP contribution is -2.44. The Balaban J connectivity index is 0.000000266. The monoisotopic (exact) mass is 476 g/mol. The van der Waals surface area contributed by atoms with Crippen LogP contribution in [0.4, 0.5) is 4.79 Å². The molecule has 3 rings (SSSR count). The molecule has 2 aliphatic carbocycles. The number of carbonyl (C=O) groups is 2. The molecule has 1 unspecified atom stereocenters. The van der Waals surface area contributed by atoms with Crippen LogP contribution in [0.25, 0.3) is 0 Å². The molecule has 0 aliphatic heterocycles. The molecule has 0 aromatic heterocycles. The number of hydrogen-bond acceptors (Lipinski definition) is 5. The van der Waals surface area contributed by atoms with Gasteiger partial charge in [0.25, 0.3) is 0 Å². The van der Waals surface area contributed by atoms with Crippen molar-refractivity contribution in [3.8, 4) is 0 Å². The minimum Gasteiger partial charge on any atom is -0.480 e. The Hall–Kier alpha value is -2.12. The third kappa shape index (κ3) is 11.3. The predicted octanol–water partition coefficient (Wildman–Crippen LogP) is 4.94. The van der Waals surface area contributed by atoms with Gasteiger partial charge in [0, 0.05) is 18.5 Å². The van der Waals surface area contributed by atoms with Crippen molar-refractivity contribution in [3.63, 3.8) is 0 Å². The Morgan fingerprint density at radius 1 is 0.912 bits per heavy atom. The number of carboxylic acids is 1. The largest absolute Gasteiger partial charge is 0.480 e. The molecular weight excluding hydrogens is 432 g/mol. The summed E-state index contributed by atoms with van der Waals surface area (Å²) < 4.78 is 5.05. The Morgan fingerprint density at radius 2 is 1.38 bits per heavy atom. The van der Waals surface area contributed by atoms with E-state index in [0.29, 0.717) is 0 Å². The standard InChI is InChI=1S/C15H21NO5.C12H23N/c1-15(2,3)21-14(20)16-12(13(18)19)8-10-4-6-11(9-17)7-5-10;1-3-7-11(8-4-1)13-12-9-5-2-6-10-12/h4-7,12,17H,8-9H2,1-3H3,(H,16,20)(H,18,19);11-13H,1-10H2. The normalized spacial score (nSPS) is 18.4. The lowest BCUT2D eigenvalue weighted by molar-refractivity contribution is -0.139. The van der Waals surface area contributed by atoms with Crippen LogP contribution in [0, 0.1) is 0 Å².